The molecule has 0 aromatic carbocycles. The average Bonchev–Trinajstić information content (AvgIpc) is 2.12. The summed E-state index contributed by atoms with van der Waals surface area (Å²) < 4.78 is 0. The van der Waals surface area contributed by atoms with E-state index in [1.165, 1.54) is 0 Å². The lowest BCUT2D eigenvalue weighted by molar-refractivity contribution is -0.143. The summed E-state index contributed by atoms with van der Waals surface area (Å²) in [6.45, 7) is 0. The number of rotatable bonds is 2. The fraction of sp³-hybridized carbons (Fsp3) is 0.889. The van der Waals surface area contributed by atoms with Crippen molar-refractivity contribution < 1.29 is 15.0 Å². The Labute approximate surface area is 72.4 Å². The minimum Gasteiger partial charge on any atom is -0.481 e. The highest BCUT2D eigenvalue weighted by atomic mass is 16.4. The summed E-state index contributed by atoms with van der Waals surface area (Å²) >= 11 is 0. The molecule has 12 heavy (non-hydrogen) atoms. The van der Waals surface area contributed by atoms with E-state index in [9.17, 15) is 9.90 Å². The lowest BCUT2D eigenvalue weighted by atomic mass is 9.91. The molecule has 2 N–H and O–H groups in total. The molecule has 1 rings (SSSR count). The number of carboxylic acids is 1. The van der Waals surface area contributed by atoms with Crippen LogP contribution in [-0.2, 0) is 4.79 Å². The maximum Gasteiger partial charge on any atom is 0.306 e. The number of carboxylic acid groups (broad SMARTS) is 1. The molecule has 0 bridgehead atoms. The Morgan fingerprint density at radius 1 is 1.17 bits per heavy atom. The summed E-state index contributed by atoms with van der Waals surface area (Å²) in [5.41, 5.74) is -0.914. The molecule has 70 valence electrons. The highest BCUT2D eigenvalue weighted by Crippen LogP contribution is 2.29. The summed E-state index contributed by atoms with van der Waals surface area (Å²) in [4.78, 5) is 10.4. The second-order valence-corrected chi connectivity index (χ2v) is 3.71. The van der Waals surface area contributed by atoms with Gasteiger partial charge in [0.2, 0.25) is 0 Å². The summed E-state index contributed by atoms with van der Waals surface area (Å²) in [5.74, 6) is -0.889. The van der Waals surface area contributed by atoms with Gasteiger partial charge >= 0.3 is 5.97 Å². The van der Waals surface area contributed by atoms with E-state index >= 15 is 0 Å². The fourth-order valence-corrected chi connectivity index (χ4v) is 1.84. The van der Waals surface area contributed by atoms with Crippen molar-refractivity contribution in [3.8, 4) is 0 Å². The monoisotopic (exact) mass is 172 g/mol. The van der Waals surface area contributed by atoms with Gasteiger partial charge in [-0.05, 0) is 12.8 Å². The van der Waals surface area contributed by atoms with Gasteiger partial charge in [0.25, 0.3) is 0 Å². The normalized spacial score (nSPS) is 23.1. The van der Waals surface area contributed by atoms with Gasteiger partial charge in [0, 0.05) is 0 Å². The molecular weight excluding hydrogens is 156 g/mol. The Bertz CT molecular complexity index is 157. The van der Waals surface area contributed by atoms with E-state index in [4.69, 9.17) is 5.11 Å². The molecule has 0 saturated heterocycles. The van der Waals surface area contributed by atoms with Crippen molar-refractivity contribution in [3.63, 3.8) is 0 Å². The first-order valence-electron chi connectivity index (χ1n) is 4.57. The Morgan fingerprint density at radius 2 is 1.67 bits per heavy atom. The van der Waals surface area contributed by atoms with E-state index in [1.807, 2.05) is 0 Å². The van der Waals surface area contributed by atoms with E-state index in [-0.39, 0.29) is 6.42 Å². The standard InChI is InChI=1S/C9H16O3/c10-8(11)7-9(12)5-3-1-2-4-6-9/h12H,1-7H2,(H,10,11). The molecule has 0 amide bonds. The first kappa shape index (κ1) is 9.52. The first-order valence-corrected chi connectivity index (χ1v) is 4.57. The maximum atomic E-state index is 10.4. The van der Waals surface area contributed by atoms with Gasteiger partial charge in [-0.25, -0.2) is 0 Å². The summed E-state index contributed by atoms with van der Waals surface area (Å²) in [6, 6.07) is 0. The van der Waals surface area contributed by atoms with Crippen molar-refractivity contribution in [2.75, 3.05) is 0 Å². The molecule has 0 atom stereocenters. The molecule has 0 heterocycles. The van der Waals surface area contributed by atoms with Gasteiger partial charge < -0.3 is 10.2 Å². The van der Waals surface area contributed by atoms with Gasteiger partial charge in [0.15, 0.2) is 0 Å². The number of aliphatic carboxylic acids is 1. The molecule has 1 saturated carbocycles. The van der Waals surface area contributed by atoms with Crippen LogP contribution in [0.1, 0.15) is 44.9 Å². The quantitative estimate of drug-likeness (QED) is 0.621. The van der Waals surface area contributed by atoms with Crippen LogP contribution in [0.15, 0.2) is 0 Å². The molecular formula is C9H16O3. The summed E-state index contributed by atoms with van der Waals surface area (Å²) in [6.07, 6.45) is 5.39. The fourth-order valence-electron chi connectivity index (χ4n) is 1.84. The molecule has 0 aromatic rings. The zero-order valence-electron chi connectivity index (χ0n) is 7.25. The van der Waals surface area contributed by atoms with Crippen molar-refractivity contribution in [1.82, 2.24) is 0 Å². The zero-order chi connectivity index (χ0) is 9.03. The van der Waals surface area contributed by atoms with Crippen LogP contribution in [0, 0.1) is 0 Å². The molecule has 0 aromatic heterocycles. The lowest BCUT2D eigenvalue weighted by Gasteiger charge is -2.23. The van der Waals surface area contributed by atoms with Crippen molar-refractivity contribution in [2.45, 2.75) is 50.5 Å². The van der Waals surface area contributed by atoms with Gasteiger partial charge in [0.1, 0.15) is 0 Å². The van der Waals surface area contributed by atoms with Crippen LogP contribution in [0.3, 0.4) is 0 Å². The van der Waals surface area contributed by atoms with Crippen molar-refractivity contribution >= 4 is 5.97 Å². The van der Waals surface area contributed by atoms with Crippen LogP contribution in [0.25, 0.3) is 0 Å². The topological polar surface area (TPSA) is 57.5 Å². The molecule has 0 radical (unpaired) electrons. The summed E-state index contributed by atoms with van der Waals surface area (Å²) in [5, 5.41) is 18.4. The smallest absolute Gasteiger partial charge is 0.306 e. The predicted molar refractivity (Wildman–Crippen MR) is 44.9 cm³/mol. The number of carbonyl (C=O) groups is 1. The van der Waals surface area contributed by atoms with Crippen molar-refractivity contribution in [1.29, 1.82) is 0 Å². The van der Waals surface area contributed by atoms with Gasteiger partial charge in [-0.3, -0.25) is 4.79 Å². The van der Waals surface area contributed by atoms with E-state index < -0.39 is 11.6 Å². The van der Waals surface area contributed by atoms with E-state index in [1.54, 1.807) is 0 Å². The molecule has 1 fully saturated rings. The van der Waals surface area contributed by atoms with Gasteiger partial charge in [0.05, 0.1) is 12.0 Å². The van der Waals surface area contributed by atoms with E-state index in [0.717, 1.165) is 25.7 Å². The minimum absolute atomic E-state index is 0.0903. The molecule has 0 spiro atoms. The Kier molecular flexibility index (Phi) is 3.09. The Balaban J connectivity index is 2.48. The Morgan fingerprint density at radius 3 is 2.08 bits per heavy atom. The maximum absolute atomic E-state index is 10.4. The van der Waals surface area contributed by atoms with Crippen LogP contribution in [-0.4, -0.2) is 21.8 Å². The molecule has 1 aliphatic rings. The predicted octanol–water partition coefficient (Wildman–Crippen LogP) is 1.55. The molecule has 1 aliphatic carbocycles. The van der Waals surface area contributed by atoms with Crippen LogP contribution in [0.4, 0.5) is 0 Å². The third-order valence-electron chi connectivity index (χ3n) is 2.51. The third kappa shape index (κ3) is 2.81. The van der Waals surface area contributed by atoms with Gasteiger partial charge in [-0.15, -0.1) is 0 Å². The molecule has 0 aliphatic heterocycles. The second-order valence-electron chi connectivity index (χ2n) is 3.71. The molecule has 0 unspecified atom stereocenters. The second kappa shape index (κ2) is 3.90. The lowest BCUT2D eigenvalue weighted by Crippen LogP contribution is -2.30. The van der Waals surface area contributed by atoms with Crippen LogP contribution >= 0.6 is 0 Å². The minimum atomic E-state index is -0.914. The molecule has 3 heteroatoms. The molecule has 3 nitrogen and oxygen atoms in total. The van der Waals surface area contributed by atoms with Gasteiger partial charge in [-0.2, -0.15) is 0 Å². The third-order valence-corrected chi connectivity index (χ3v) is 2.51. The average molecular weight is 172 g/mol. The van der Waals surface area contributed by atoms with Crippen LogP contribution < -0.4 is 0 Å². The number of aliphatic hydroxyl groups is 1. The van der Waals surface area contributed by atoms with Crippen molar-refractivity contribution in [3.05, 3.63) is 0 Å². The SMILES string of the molecule is O=C(O)CC1(O)CCCCCC1. The first-order chi connectivity index (χ1) is 5.62. The largest absolute Gasteiger partial charge is 0.481 e. The van der Waals surface area contributed by atoms with Crippen molar-refractivity contribution in [2.24, 2.45) is 0 Å². The zero-order valence-corrected chi connectivity index (χ0v) is 7.25. The van der Waals surface area contributed by atoms with E-state index in [0.29, 0.717) is 12.8 Å². The highest BCUT2D eigenvalue weighted by Gasteiger charge is 2.30. The number of hydrogen-bond acceptors (Lipinski definition) is 2. The summed E-state index contributed by atoms with van der Waals surface area (Å²) in [7, 11) is 0. The number of hydrogen-bond donors (Lipinski definition) is 2. The van der Waals surface area contributed by atoms with E-state index in [2.05, 4.69) is 0 Å². The highest BCUT2D eigenvalue weighted by molar-refractivity contribution is 5.68. The van der Waals surface area contributed by atoms with Gasteiger partial charge in [-0.1, -0.05) is 25.7 Å². The van der Waals surface area contributed by atoms with Crippen LogP contribution in [0.2, 0.25) is 0 Å². The van der Waals surface area contributed by atoms with Crippen LogP contribution in [0.5, 0.6) is 0 Å². The Hall–Kier alpha value is -0.570.